The molecule has 1 aromatic carbocycles. The quantitative estimate of drug-likeness (QED) is 0.581. The zero-order chi connectivity index (χ0) is 8.97. The van der Waals surface area contributed by atoms with Gasteiger partial charge in [-0.15, -0.1) is 0 Å². The molecule has 2 heteroatoms. The molecule has 0 saturated carbocycles. The molecule has 1 aromatic rings. The van der Waals surface area contributed by atoms with Crippen molar-refractivity contribution in [2.45, 2.75) is 6.54 Å². The van der Waals surface area contributed by atoms with E-state index in [9.17, 15) is 0 Å². The van der Waals surface area contributed by atoms with Crippen LogP contribution in [0.25, 0.3) is 0 Å². The van der Waals surface area contributed by atoms with Crippen molar-refractivity contribution in [1.82, 2.24) is 4.90 Å². The fourth-order valence-electron chi connectivity index (χ4n) is 1.16. The lowest BCUT2D eigenvalue weighted by Crippen LogP contribution is -2.11. The SMILES string of the molecule is Bc1cccc(CN(C)C=C)c1. The summed E-state index contributed by atoms with van der Waals surface area (Å²) in [5.41, 5.74) is 2.64. The molecule has 0 bridgehead atoms. The van der Waals surface area contributed by atoms with Crippen LogP contribution in [0.4, 0.5) is 0 Å². The van der Waals surface area contributed by atoms with Crippen LogP contribution in [-0.4, -0.2) is 19.8 Å². The zero-order valence-electron chi connectivity index (χ0n) is 7.75. The molecular weight excluding hydrogens is 145 g/mol. The van der Waals surface area contributed by atoms with Crippen molar-refractivity contribution in [3.63, 3.8) is 0 Å². The van der Waals surface area contributed by atoms with Crippen LogP contribution in [0, 0.1) is 0 Å². The minimum Gasteiger partial charge on any atom is -0.377 e. The van der Waals surface area contributed by atoms with Gasteiger partial charge in [0.1, 0.15) is 7.85 Å². The average molecular weight is 159 g/mol. The van der Waals surface area contributed by atoms with E-state index in [1.807, 2.05) is 13.2 Å². The second-order valence-electron chi connectivity index (χ2n) is 3.09. The largest absolute Gasteiger partial charge is 0.377 e. The van der Waals surface area contributed by atoms with Crippen LogP contribution >= 0.6 is 0 Å². The van der Waals surface area contributed by atoms with E-state index in [4.69, 9.17) is 0 Å². The Morgan fingerprint density at radius 3 is 2.92 bits per heavy atom. The lowest BCUT2D eigenvalue weighted by Gasteiger charge is -2.13. The zero-order valence-corrected chi connectivity index (χ0v) is 7.75. The Morgan fingerprint density at radius 1 is 1.58 bits per heavy atom. The molecule has 0 aromatic heterocycles. The molecule has 0 N–H and O–H groups in total. The number of hydrogen-bond acceptors (Lipinski definition) is 1. The van der Waals surface area contributed by atoms with Crippen LogP contribution in [0.1, 0.15) is 5.56 Å². The normalized spacial score (nSPS) is 9.42. The predicted octanol–water partition coefficient (Wildman–Crippen LogP) is 0.520. The second kappa shape index (κ2) is 4.00. The molecule has 12 heavy (non-hydrogen) atoms. The van der Waals surface area contributed by atoms with Gasteiger partial charge in [-0.2, -0.15) is 0 Å². The van der Waals surface area contributed by atoms with Gasteiger partial charge >= 0.3 is 0 Å². The Labute approximate surface area is 75.1 Å². The third-order valence-electron chi connectivity index (χ3n) is 1.83. The molecule has 0 aliphatic carbocycles. The molecule has 0 atom stereocenters. The van der Waals surface area contributed by atoms with Gasteiger partial charge in [-0.3, -0.25) is 0 Å². The number of nitrogens with zero attached hydrogens (tertiary/aromatic N) is 1. The summed E-state index contributed by atoms with van der Waals surface area (Å²) in [6, 6.07) is 8.52. The van der Waals surface area contributed by atoms with Gasteiger partial charge in [0.2, 0.25) is 0 Å². The van der Waals surface area contributed by atoms with Crippen molar-refractivity contribution in [2.24, 2.45) is 0 Å². The van der Waals surface area contributed by atoms with E-state index in [1.165, 1.54) is 11.0 Å². The summed E-state index contributed by atoms with van der Waals surface area (Å²) in [7, 11) is 4.13. The summed E-state index contributed by atoms with van der Waals surface area (Å²) in [5.74, 6) is 0. The fraction of sp³-hybridized carbons (Fsp3) is 0.200. The molecule has 0 spiro atoms. The molecule has 0 amide bonds. The van der Waals surface area contributed by atoms with E-state index in [2.05, 4.69) is 43.6 Å². The number of hydrogen-bond donors (Lipinski definition) is 0. The van der Waals surface area contributed by atoms with Crippen molar-refractivity contribution in [1.29, 1.82) is 0 Å². The van der Waals surface area contributed by atoms with Crippen molar-refractivity contribution in [2.75, 3.05) is 7.05 Å². The van der Waals surface area contributed by atoms with Crippen molar-refractivity contribution in [3.8, 4) is 0 Å². The predicted molar refractivity (Wildman–Crippen MR) is 56.3 cm³/mol. The van der Waals surface area contributed by atoms with Crippen LogP contribution in [0.5, 0.6) is 0 Å². The van der Waals surface area contributed by atoms with Crippen LogP contribution < -0.4 is 5.46 Å². The monoisotopic (exact) mass is 159 g/mol. The molecule has 0 fully saturated rings. The highest BCUT2D eigenvalue weighted by molar-refractivity contribution is 6.32. The van der Waals surface area contributed by atoms with Crippen molar-refractivity contribution < 1.29 is 0 Å². The minimum atomic E-state index is 0.936. The average Bonchev–Trinajstić information content (AvgIpc) is 2.04. The van der Waals surface area contributed by atoms with Crippen LogP contribution in [0.3, 0.4) is 0 Å². The second-order valence-corrected chi connectivity index (χ2v) is 3.09. The van der Waals surface area contributed by atoms with Crippen LogP contribution in [0.15, 0.2) is 37.0 Å². The first kappa shape index (κ1) is 8.92. The molecule has 0 radical (unpaired) electrons. The topological polar surface area (TPSA) is 3.24 Å². The van der Waals surface area contributed by atoms with Gasteiger partial charge in [0.25, 0.3) is 0 Å². The van der Waals surface area contributed by atoms with Crippen molar-refractivity contribution >= 4 is 13.3 Å². The number of rotatable bonds is 3. The van der Waals surface area contributed by atoms with E-state index in [1.54, 1.807) is 0 Å². The van der Waals surface area contributed by atoms with Crippen LogP contribution in [-0.2, 0) is 6.54 Å². The summed E-state index contributed by atoms with van der Waals surface area (Å²) in [4.78, 5) is 2.06. The van der Waals surface area contributed by atoms with E-state index >= 15 is 0 Å². The lowest BCUT2D eigenvalue weighted by molar-refractivity contribution is 0.452. The molecule has 62 valence electrons. The highest BCUT2D eigenvalue weighted by Gasteiger charge is 1.94. The molecule has 0 saturated heterocycles. The Hall–Kier alpha value is -1.18. The van der Waals surface area contributed by atoms with E-state index in [0.717, 1.165) is 6.54 Å². The first-order valence-corrected chi connectivity index (χ1v) is 4.10. The molecule has 1 nitrogen and oxygen atoms in total. The third kappa shape index (κ3) is 2.46. The van der Waals surface area contributed by atoms with Gasteiger partial charge in [0.15, 0.2) is 0 Å². The maximum atomic E-state index is 3.71. The molecular formula is C10H14BN. The maximum Gasteiger partial charge on any atom is 0.139 e. The van der Waals surface area contributed by atoms with E-state index < -0.39 is 0 Å². The first-order chi connectivity index (χ1) is 5.72. The molecule has 1 rings (SSSR count). The smallest absolute Gasteiger partial charge is 0.139 e. The molecule has 0 heterocycles. The van der Waals surface area contributed by atoms with Crippen molar-refractivity contribution in [3.05, 3.63) is 42.6 Å². The summed E-state index contributed by atoms with van der Waals surface area (Å²) in [5, 5.41) is 0. The van der Waals surface area contributed by atoms with Crippen LogP contribution in [0.2, 0.25) is 0 Å². The summed E-state index contributed by atoms with van der Waals surface area (Å²) in [6.45, 7) is 4.64. The fourth-order valence-corrected chi connectivity index (χ4v) is 1.16. The molecule has 0 aliphatic rings. The maximum absolute atomic E-state index is 3.71. The minimum absolute atomic E-state index is 0.936. The van der Waals surface area contributed by atoms with E-state index in [-0.39, 0.29) is 0 Å². The number of benzene rings is 1. The van der Waals surface area contributed by atoms with Gasteiger partial charge in [0, 0.05) is 13.6 Å². The Balaban J connectivity index is 2.69. The summed E-state index contributed by atoms with van der Waals surface area (Å²) < 4.78 is 0. The Kier molecular flexibility index (Phi) is 2.97. The summed E-state index contributed by atoms with van der Waals surface area (Å²) >= 11 is 0. The van der Waals surface area contributed by atoms with Gasteiger partial charge in [0.05, 0.1) is 0 Å². The van der Waals surface area contributed by atoms with Gasteiger partial charge < -0.3 is 4.90 Å². The van der Waals surface area contributed by atoms with Gasteiger partial charge in [-0.25, -0.2) is 0 Å². The first-order valence-electron chi connectivity index (χ1n) is 4.10. The third-order valence-corrected chi connectivity index (χ3v) is 1.83. The molecule has 0 unspecified atom stereocenters. The summed E-state index contributed by atoms with van der Waals surface area (Å²) in [6.07, 6.45) is 1.84. The highest BCUT2D eigenvalue weighted by Crippen LogP contribution is 2.00. The highest BCUT2D eigenvalue weighted by atomic mass is 15.1. The standard InChI is InChI=1S/C10H14BN/c1-3-12(2)8-9-5-4-6-10(11)7-9/h3-7H,1,8,11H2,2H3. The van der Waals surface area contributed by atoms with Gasteiger partial charge in [-0.1, -0.05) is 36.3 Å². The van der Waals surface area contributed by atoms with E-state index in [0.29, 0.717) is 0 Å². The lowest BCUT2D eigenvalue weighted by atomic mass is 9.94. The van der Waals surface area contributed by atoms with Gasteiger partial charge in [-0.05, 0) is 11.8 Å². The molecule has 0 aliphatic heterocycles. The Bertz CT molecular complexity index is 270. The Morgan fingerprint density at radius 2 is 2.33 bits per heavy atom.